The van der Waals surface area contributed by atoms with Crippen molar-refractivity contribution in [1.82, 2.24) is 0 Å². The molecular weight excluding hydrogens is 260 g/mol. The second-order valence-corrected chi connectivity index (χ2v) is 6.52. The maximum Gasteiger partial charge on any atom is 0.119 e. The fraction of sp³-hybridized carbons (Fsp3) is 0.611. The van der Waals surface area contributed by atoms with E-state index in [9.17, 15) is 5.26 Å². The lowest BCUT2D eigenvalue weighted by molar-refractivity contribution is 0.254. The van der Waals surface area contributed by atoms with Crippen LogP contribution in [-0.2, 0) is 12.8 Å². The van der Waals surface area contributed by atoms with Crippen molar-refractivity contribution in [2.24, 2.45) is 11.7 Å². The van der Waals surface area contributed by atoms with Gasteiger partial charge in [0.05, 0.1) is 12.7 Å². The summed E-state index contributed by atoms with van der Waals surface area (Å²) in [6, 6.07) is 8.79. The Morgan fingerprint density at radius 1 is 1.24 bits per heavy atom. The fourth-order valence-electron chi connectivity index (χ4n) is 3.77. The van der Waals surface area contributed by atoms with Gasteiger partial charge in [-0.3, -0.25) is 0 Å². The number of rotatable bonds is 4. The molecule has 0 amide bonds. The maximum absolute atomic E-state index is 9.23. The van der Waals surface area contributed by atoms with Gasteiger partial charge < -0.3 is 10.5 Å². The summed E-state index contributed by atoms with van der Waals surface area (Å²) in [4.78, 5) is 0. The lowest BCUT2D eigenvalue weighted by atomic mass is 9.87. The van der Waals surface area contributed by atoms with Crippen molar-refractivity contribution in [3.63, 3.8) is 0 Å². The van der Waals surface area contributed by atoms with Gasteiger partial charge in [0.15, 0.2) is 0 Å². The van der Waals surface area contributed by atoms with Crippen LogP contribution in [0, 0.1) is 17.2 Å². The van der Waals surface area contributed by atoms with Crippen molar-refractivity contribution in [1.29, 1.82) is 5.26 Å². The number of hydrogen-bond donors (Lipinski definition) is 1. The highest BCUT2D eigenvalue weighted by Gasteiger charge is 2.39. The van der Waals surface area contributed by atoms with E-state index in [1.54, 1.807) is 0 Å². The van der Waals surface area contributed by atoms with Gasteiger partial charge in [-0.15, -0.1) is 0 Å². The zero-order valence-corrected chi connectivity index (χ0v) is 12.6. The summed E-state index contributed by atoms with van der Waals surface area (Å²) in [7, 11) is 0. The van der Waals surface area contributed by atoms with E-state index in [-0.39, 0.29) is 5.92 Å². The molecule has 0 aliphatic heterocycles. The lowest BCUT2D eigenvalue weighted by Gasteiger charge is -2.24. The molecule has 21 heavy (non-hydrogen) atoms. The summed E-state index contributed by atoms with van der Waals surface area (Å²) in [6.45, 7) is 0.657. The van der Waals surface area contributed by atoms with Crippen LogP contribution in [0.4, 0.5) is 0 Å². The van der Waals surface area contributed by atoms with Crippen molar-refractivity contribution in [3.8, 4) is 11.8 Å². The standard InChI is InChI=1S/C18H24N2O/c19-13-18(20)10-3-6-16(18)9-11-21-17-8-7-14-4-1-2-5-15(14)12-17/h7-8,12,16H,1-6,9-11,20H2. The molecule has 0 saturated heterocycles. The molecule has 0 aromatic heterocycles. The largest absolute Gasteiger partial charge is 0.494 e. The van der Waals surface area contributed by atoms with Crippen LogP contribution in [0.15, 0.2) is 18.2 Å². The van der Waals surface area contributed by atoms with E-state index in [0.717, 1.165) is 31.4 Å². The Balaban J connectivity index is 1.55. The predicted molar refractivity (Wildman–Crippen MR) is 83.1 cm³/mol. The Morgan fingerprint density at radius 2 is 2.05 bits per heavy atom. The molecule has 2 atom stereocenters. The third-order valence-corrected chi connectivity index (χ3v) is 5.13. The molecule has 2 unspecified atom stereocenters. The van der Waals surface area contributed by atoms with Crippen LogP contribution in [-0.4, -0.2) is 12.1 Å². The Morgan fingerprint density at radius 3 is 2.86 bits per heavy atom. The molecule has 1 aromatic carbocycles. The summed E-state index contributed by atoms with van der Waals surface area (Å²) in [6.07, 6.45) is 8.79. The van der Waals surface area contributed by atoms with Gasteiger partial charge in [-0.1, -0.05) is 12.5 Å². The SMILES string of the molecule is N#CC1(N)CCCC1CCOc1ccc2c(c1)CCCC2. The second kappa shape index (κ2) is 6.07. The second-order valence-electron chi connectivity index (χ2n) is 6.52. The molecule has 3 rings (SSSR count). The quantitative estimate of drug-likeness (QED) is 0.922. The molecule has 2 aliphatic carbocycles. The number of aryl methyl sites for hydroxylation is 2. The predicted octanol–water partition coefficient (Wildman–Crippen LogP) is 3.36. The molecule has 2 aliphatic rings. The molecule has 0 radical (unpaired) electrons. The first kappa shape index (κ1) is 14.4. The first-order valence-corrected chi connectivity index (χ1v) is 8.16. The molecule has 1 aromatic rings. The average molecular weight is 284 g/mol. The molecular formula is C18H24N2O. The summed E-state index contributed by atoms with van der Waals surface area (Å²) in [5.74, 6) is 1.24. The zero-order chi connectivity index (χ0) is 14.7. The first-order chi connectivity index (χ1) is 10.2. The summed E-state index contributed by atoms with van der Waals surface area (Å²) in [5, 5.41) is 9.23. The third-order valence-electron chi connectivity index (χ3n) is 5.13. The molecule has 0 spiro atoms. The van der Waals surface area contributed by atoms with E-state index in [1.165, 1.54) is 36.8 Å². The van der Waals surface area contributed by atoms with Crippen molar-refractivity contribution in [2.45, 2.75) is 56.9 Å². The topological polar surface area (TPSA) is 59.0 Å². The monoisotopic (exact) mass is 284 g/mol. The lowest BCUT2D eigenvalue weighted by Crippen LogP contribution is -2.42. The van der Waals surface area contributed by atoms with Gasteiger partial charge in [0.1, 0.15) is 11.3 Å². The smallest absolute Gasteiger partial charge is 0.119 e. The minimum absolute atomic E-state index is 0.278. The fourth-order valence-corrected chi connectivity index (χ4v) is 3.77. The number of nitrogens with two attached hydrogens (primary N) is 1. The van der Waals surface area contributed by atoms with Gasteiger partial charge in [0.2, 0.25) is 0 Å². The molecule has 2 N–H and O–H groups in total. The highest BCUT2D eigenvalue weighted by atomic mass is 16.5. The molecule has 0 bridgehead atoms. The Labute approximate surface area is 127 Å². The molecule has 0 heterocycles. The van der Waals surface area contributed by atoms with E-state index in [0.29, 0.717) is 6.61 Å². The molecule has 112 valence electrons. The van der Waals surface area contributed by atoms with Gasteiger partial charge in [-0.25, -0.2) is 0 Å². The van der Waals surface area contributed by atoms with Gasteiger partial charge >= 0.3 is 0 Å². The van der Waals surface area contributed by atoms with Gasteiger partial charge in [0.25, 0.3) is 0 Å². The van der Waals surface area contributed by atoms with E-state index >= 15 is 0 Å². The normalized spacial score (nSPS) is 27.9. The number of ether oxygens (including phenoxy) is 1. The summed E-state index contributed by atoms with van der Waals surface area (Å²) in [5.41, 5.74) is 8.46. The van der Waals surface area contributed by atoms with E-state index in [2.05, 4.69) is 24.3 Å². The van der Waals surface area contributed by atoms with Crippen LogP contribution in [0.25, 0.3) is 0 Å². The minimum Gasteiger partial charge on any atom is -0.494 e. The van der Waals surface area contributed by atoms with Gasteiger partial charge in [-0.2, -0.15) is 5.26 Å². The molecule has 1 fully saturated rings. The summed E-state index contributed by atoms with van der Waals surface area (Å²) >= 11 is 0. The number of benzene rings is 1. The zero-order valence-electron chi connectivity index (χ0n) is 12.6. The molecule has 3 nitrogen and oxygen atoms in total. The van der Waals surface area contributed by atoms with Gasteiger partial charge in [0, 0.05) is 0 Å². The number of fused-ring (bicyclic) bond motifs is 1. The Bertz CT molecular complexity index is 549. The third kappa shape index (κ3) is 3.06. The average Bonchev–Trinajstić information content (AvgIpc) is 2.89. The number of hydrogen-bond acceptors (Lipinski definition) is 3. The minimum atomic E-state index is -0.626. The van der Waals surface area contributed by atoms with Crippen LogP contribution in [0.5, 0.6) is 5.75 Å². The Hall–Kier alpha value is -1.53. The van der Waals surface area contributed by atoms with E-state index < -0.39 is 5.54 Å². The van der Waals surface area contributed by atoms with Crippen LogP contribution in [0.1, 0.15) is 49.7 Å². The first-order valence-electron chi connectivity index (χ1n) is 8.16. The molecule has 1 saturated carbocycles. The van der Waals surface area contributed by atoms with E-state index in [4.69, 9.17) is 10.5 Å². The molecule has 3 heteroatoms. The Kier molecular flexibility index (Phi) is 4.17. The van der Waals surface area contributed by atoms with Gasteiger partial charge in [-0.05, 0) is 74.1 Å². The van der Waals surface area contributed by atoms with Crippen molar-refractivity contribution in [3.05, 3.63) is 29.3 Å². The van der Waals surface area contributed by atoms with Crippen LogP contribution in [0.2, 0.25) is 0 Å². The number of nitriles is 1. The van der Waals surface area contributed by atoms with Crippen molar-refractivity contribution in [2.75, 3.05) is 6.61 Å². The van der Waals surface area contributed by atoms with Crippen LogP contribution < -0.4 is 10.5 Å². The van der Waals surface area contributed by atoms with Crippen LogP contribution >= 0.6 is 0 Å². The van der Waals surface area contributed by atoms with E-state index in [1.807, 2.05) is 0 Å². The maximum atomic E-state index is 9.23. The number of nitrogens with zero attached hydrogens (tertiary/aromatic N) is 1. The van der Waals surface area contributed by atoms with Crippen molar-refractivity contribution < 1.29 is 4.74 Å². The van der Waals surface area contributed by atoms with Crippen LogP contribution in [0.3, 0.4) is 0 Å². The highest BCUT2D eigenvalue weighted by molar-refractivity contribution is 5.37. The highest BCUT2D eigenvalue weighted by Crippen LogP contribution is 2.35. The summed E-state index contributed by atoms with van der Waals surface area (Å²) < 4.78 is 5.91. The van der Waals surface area contributed by atoms with Crippen molar-refractivity contribution >= 4 is 0 Å².